The van der Waals surface area contributed by atoms with Crippen LogP contribution in [0.25, 0.3) is 0 Å². The number of nitrogens with one attached hydrogen (secondary N) is 1. The number of methoxy groups -OCH3 is 1. The first kappa shape index (κ1) is 13.5. The van der Waals surface area contributed by atoms with E-state index in [1.165, 1.54) is 0 Å². The van der Waals surface area contributed by atoms with E-state index in [9.17, 15) is 0 Å². The highest BCUT2D eigenvalue weighted by molar-refractivity contribution is 5.64. The van der Waals surface area contributed by atoms with Crippen LogP contribution in [-0.4, -0.2) is 37.2 Å². The molecule has 1 aromatic heterocycles. The molecule has 0 atom stereocenters. The molecule has 0 bridgehead atoms. The van der Waals surface area contributed by atoms with E-state index >= 15 is 0 Å². The van der Waals surface area contributed by atoms with Gasteiger partial charge in [-0.2, -0.15) is 0 Å². The molecule has 1 heterocycles. The van der Waals surface area contributed by atoms with Crippen molar-refractivity contribution in [1.29, 1.82) is 0 Å². The zero-order valence-corrected chi connectivity index (χ0v) is 11.2. The van der Waals surface area contributed by atoms with E-state index in [2.05, 4.69) is 34.0 Å². The Kier molecular flexibility index (Phi) is 5.52. The molecule has 5 heteroatoms. The van der Waals surface area contributed by atoms with Crippen LogP contribution in [0.4, 0.5) is 11.6 Å². The summed E-state index contributed by atoms with van der Waals surface area (Å²) in [5.41, 5.74) is 0. The molecule has 5 nitrogen and oxygen atoms in total. The van der Waals surface area contributed by atoms with E-state index < -0.39 is 0 Å². The standard InChI is InChI=1S/C12H22N4O/c1-5-7-16(8-6-2)12-10(17-4)11(13-3)14-9-15-12/h9H,5-8H2,1-4H3,(H,13,14,15). The third-order valence-corrected chi connectivity index (χ3v) is 2.51. The first-order valence-corrected chi connectivity index (χ1v) is 6.10. The van der Waals surface area contributed by atoms with Gasteiger partial charge in [-0.25, -0.2) is 9.97 Å². The number of anilines is 2. The minimum Gasteiger partial charge on any atom is -0.490 e. The summed E-state index contributed by atoms with van der Waals surface area (Å²) in [7, 11) is 3.48. The van der Waals surface area contributed by atoms with Crippen molar-refractivity contribution in [2.75, 3.05) is 37.5 Å². The van der Waals surface area contributed by atoms with Crippen LogP contribution >= 0.6 is 0 Å². The Morgan fingerprint density at radius 3 is 2.35 bits per heavy atom. The lowest BCUT2D eigenvalue weighted by atomic mass is 10.3. The number of nitrogens with zero attached hydrogens (tertiary/aromatic N) is 3. The fraction of sp³-hybridized carbons (Fsp3) is 0.667. The summed E-state index contributed by atoms with van der Waals surface area (Å²) in [6, 6.07) is 0. The zero-order chi connectivity index (χ0) is 12.7. The van der Waals surface area contributed by atoms with Crippen molar-refractivity contribution in [1.82, 2.24) is 9.97 Å². The predicted molar refractivity (Wildman–Crippen MR) is 70.9 cm³/mol. The highest BCUT2D eigenvalue weighted by Crippen LogP contribution is 2.31. The molecule has 1 aromatic rings. The number of rotatable bonds is 7. The minimum atomic E-state index is 0.719. The van der Waals surface area contributed by atoms with Gasteiger partial charge in [-0.1, -0.05) is 13.8 Å². The third kappa shape index (κ3) is 3.22. The monoisotopic (exact) mass is 238 g/mol. The average Bonchev–Trinajstić information content (AvgIpc) is 2.37. The van der Waals surface area contributed by atoms with E-state index in [0.717, 1.165) is 43.3 Å². The van der Waals surface area contributed by atoms with Gasteiger partial charge in [-0.3, -0.25) is 0 Å². The summed E-state index contributed by atoms with van der Waals surface area (Å²) in [5, 5.41) is 3.02. The smallest absolute Gasteiger partial charge is 0.204 e. The van der Waals surface area contributed by atoms with Crippen LogP contribution < -0.4 is 15.0 Å². The molecule has 0 saturated carbocycles. The summed E-state index contributed by atoms with van der Waals surface area (Å²) >= 11 is 0. The summed E-state index contributed by atoms with van der Waals surface area (Å²) in [5.74, 6) is 2.32. The average molecular weight is 238 g/mol. The van der Waals surface area contributed by atoms with E-state index in [0.29, 0.717) is 0 Å². The largest absolute Gasteiger partial charge is 0.490 e. The molecule has 17 heavy (non-hydrogen) atoms. The van der Waals surface area contributed by atoms with E-state index in [4.69, 9.17) is 4.74 Å². The van der Waals surface area contributed by atoms with Crippen molar-refractivity contribution in [3.8, 4) is 5.75 Å². The van der Waals surface area contributed by atoms with E-state index in [-0.39, 0.29) is 0 Å². The first-order chi connectivity index (χ1) is 8.28. The van der Waals surface area contributed by atoms with E-state index in [1.807, 2.05) is 7.05 Å². The van der Waals surface area contributed by atoms with Gasteiger partial charge in [0.25, 0.3) is 0 Å². The Balaban J connectivity index is 3.07. The van der Waals surface area contributed by atoms with Gasteiger partial charge >= 0.3 is 0 Å². The molecule has 0 aliphatic carbocycles. The number of hydrogen-bond acceptors (Lipinski definition) is 5. The molecule has 0 radical (unpaired) electrons. The SMILES string of the molecule is CCCN(CCC)c1ncnc(NC)c1OC. The Hall–Kier alpha value is -1.52. The summed E-state index contributed by atoms with van der Waals surface area (Å²) in [6.07, 6.45) is 3.74. The molecule has 0 saturated heterocycles. The van der Waals surface area contributed by atoms with Crippen LogP contribution in [0.1, 0.15) is 26.7 Å². The van der Waals surface area contributed by atoms with Gasteiger partial charge < -0.3 is 15.0 Å². The number of hydrogen-bond donors (Lipinski definition) is 1. The molecular formula is C12H22N4O. The molecule has 0 amide bonds. The van der Waals surface area contributed by atoms with Crippen LogP contribution in [0.15, 0.2) is 6.33 Å². The van der Waals surface area contributed by atoms with E-state index in [1.54, 1.807) is 13.4 Å². The molecule has 0 unspecified atom stereocenters. The Morgan fingerprint density at radius 1 is 1.24 bits per heavy atom. The number of aromatic nitrogens is 2. The lowest BCUT2D eigenvalue weighted by molar-refractivity contribution is 0.412. The minimum absolute atomic E-state index is 0.719. The molecule has 0 aliphatic heterocycles. The van der Waals surface area contributed by atoms with Gasteiger partial charge in [-0.05, 0) is 12.8 Å². The second kappa shape index (κ2) is 6.93. The molecular weight excluding hydrogens is 216 g/mol. The Bertz CT molecular complexity index is 337. The zero-order valence-electron chi connectivity index (χ0n) is 11.2. The van der Waals surface area contributed by atoms with Crippen molar-refractivity contribution in [2.24, 2.45) is 0 Å². The molecule has 96 valence electrons. The van der Waals surface area contributed by atoms with Gasteiger partial charge in [0, 0.05) is 20.1 Å². The lowest BCUT2D eigenvalue weighted by Gasteiger charge is -2.24. The normalized spacial score (nSPS) is 10.1. The maximum absolute atomic E-state index is 5.41. The van der Waals surface area contributed by atoms with Gasteiger partial charge in [0.15, 0.2) is 11.6 Å². The second-order valence-corrected chi connectivity index (χ2v) is 3.82. The predicted octanol–water partition coefficient (Wildman–Crippen LogP) is 2.15. The third-order valence-electron chi connectivity index (χ3n) is 2.51. The highest BCUT2D eigenvalue weighted by atomic mass is 16.5. The summed E-state index contributed by atoms with van der Waals surface area (Å²) in [4.78, 5) is 10.7. The van der Waals surface area contributed by atoms with Crippen LogP contribution in [-0.2, 0) is 0 Å². The second-order valence-electron chi connectivity index (χ2n) is 3.82. The number of ether oxygens (including phenoxy) is 1. The molecule has 1 N–H and O–H groups in total. The maximum atomic E-state index is 5.41. The first-order valence-electron chi connectivity index (χ1n) is 6.10. The fourth-order valence-electron chi connectivity index (χ4n) is 1.82. The van der Waals surface area contributed by atoms with Crippen LogP contribution in [0.2, 0.25) is 0 Å². The molecule has 0 fully saturated rings. The van der Waals surface area contributed by atoms with Crippen molar-refractivity contribution >= 4 is 11.6 Å². The van der Waals surface area contributed by atoms with Gasteiger partial charge in [0.1, 0.15) is 6.33 Å². The van der Waals surface area contributed by atoms with Crippen molar-refractivity contribution in [3.05, 3.63) is 6.33 Å². The topological polar surface area (TPSA) is 50.3 Å². The van der Waals surface area contributed by atoms with Crippen molar-refractivity contribution in [3.63, 3.8) is 0 Å². The quantitative estimate of drug-likeness (QED) is 0.788. The highest BCUT2D eigenvalue weighted by Gasteiger charge is 2.16. The van der Waals surface area contributed by atoms with Crippen LogP contribution in [0.5, 0.6) is 5.75 Å². The molecule has 0 aromatic carbocycles. The lowest BCUT2D eigenvalue weighted by Crippen LogP contribution is -2.26. The van der Waals surface area contributed by atoms with Crippen LogP contribution in [0, 0.1) is 0 Å². The summed E-state index contributed by atoms with van der Waals surface area (Å²) < 4.78 is 5.41. The van der Waals surface area contributed by atoms with Gasteiger partial charge in [0.05, 0.1) is 7.11 Å². The van der Waals surface area contributed by atoms with Crippen LogP contribution in [0.3, 0.4) is 0 Å². The molecule has 0 aliphatic rings. The van der Waals surface area contributed by atoms with Crippen molar-refractivity contribution < 1.29 is 4.74 Å². The Labute approximate surface area is 103 Å². The fourth-order valence-corrected chi connectivity index (χ4v) is 1.82. The van der Waals surface area contributed by atoms with Gasteiger partial charge in [0.2, 0.25) is 5.75 Å². The molecule has 1 rings (SSSR count). The van der Waals surface area contributed by atoms with Gasteiger partial charge in [-0.15, -0.1) is 0 Å². The summed E-state index contributed by atoms with van der Waals surface area (Å²) in [6.45, 7) is 6.28. The molecule has 0 spiro atoms. The maximum Gasteiger partial charge on any atom is 0.204 e. The van der Waals surface area contributed by atoms with Crippen molar-refractivity contribution in [2.45, 2.75) is 26.7 Å². The Morgan fingerprint density at radius 2 is 1.88 bits per heavy atom.